The van der Waals surface area contributed by atoms with Crippen LogP contribution in [0, 0.1) is 6.92 Å². The fourth-order valence-electron chi connectivity index (χ4n) is 1.52. The molecular weight excluding hydrogens is 284 g/mol. The highest BCUT2D eigenvalue weighted by atomic mass is 79.9. The molecular formula is C12H11BrN2O2. The van der Waals surface area contributed by atoms with E-state index >= 15 is 0 Å². The number of carbonyl (C=O) groups excluding carboxylic acids is 1. The number of pyridine rings is 1. The minimum atomic E-state index is -0.113. The van der Waals surface area contributed by atoms with Crippen molar-refractivity contribution in [1.29, 1.82) is 0 Å². The molecule has 17 heavy (non-hydrogen) atoms. The monoisotopic (exact) mass is 294 g/mol. The van der Waals surface area contributed by atoms with E-state index in [2.05, 4.69) is 20.9 Å². The summed E-state index contributed by atoms with van der Waals surface area (Å²) in [5, 5.41) is 0. The lowest BCUT2D eigenvalue weighted by atomic mass is 10.1. The van der Waals surface area contributed by atoms with E-state index < -0.39 is 0 Å². The van der Waals surface area contributed by atoms with Crippen molar-refractivity contribution in [2.75, 3.05) is 5.73 Å². The van der Waals surface area contributed by atoms with E-state index in [0.29, 0.717) is 21.5 Å². The molecule has 88 valence electrons. The lowest BCUT2D eigenvalue weighted by Gasteiger charge is -2.06. The van der Waals surface area contributed by atoms with Gasteiger partial charge in [-0.05, 0) is 48.0 Å². The fourth-order valence-corrected chi connectivity index (χ4v) is 2.03. The number of furan rings is 1. The highest BCUT2D eigenvalue weighted by Crippen LogP contribution is 2.30. The Kier molecular flexibility index (Phi) is 3.02. The van der Waals surface area contributed by atoms with Crippen molar-refractivity contribution in [2.24, 2.45) is 0 Å². The summed E-state index contributed by atoms with van der Waals surface area (Å²) in [6, 6.07) is 5.33. The molecule has 0 aliphatic heterocycles. The van der Waals surface area contributed by atoms with Gasteiger partial charge in [0.15, 0.2) is 11.5 Å². The summed E-state index contributed by atoms with van der Waals surface area (Å²) in [6.07, 6.45) is 0. The number of anilines is 1. The maximum atomic E-state index is 11.3. The van der Waals surface area contributed by atoms with Gasteiger partial charge in [0.25, 0.3) is 0 Å². The van der Waals surface area contributed by atoms with Gasteiger partial charge in [0.1, 0.15) is 17.3 Å². The number of aromatic nitrogens is 1. The summed E-state index contributed by atoms with van der Waals surface area (Å²) in [4.78, 5) is 15.5. The van der Waals surface area contributed by atoms with Crippen LogP contribution in [-0.4, -0.2) is 10.8 Å². The van der Waals surface area contributed by atoms with Crippen molar-refractivity contribution in [3.63, 3.8) is 0 Å². The number of nitrogens with two attached hydrogens (primary N) is 1. The van der Waals surface area contributed by atoms with Crippen molar-refractivity contribution >= 4 is 27.5 Å². The van der Waals surface area contributed by atoms with Crippen LogP contribution in [-0.2, 0) is 0 Å². The second kappa shape index (κ2) is 4.33. The summed E-state index contributed by atoms with van der Waals surface area (Å²) in [5.74, 6) is 1.52. The minimum Gasteiger partial charge on any atom is -0.460 e. The fraction of sp³-hybridized carbons (Fsp3) is 0.167. The molecule has 0 atom stereocenters. The SMILES string of the molecule is CC(=O)c1cc(Br)c(-c2ccc(C)o2)nc1N. The molecule has 2 aromatic rings. The molecule has 2 aromatic heterocycles. The Morgan fingerprint density at radius 3 is 2.71 bits per heavy atom. The molecule has 0 radical (unpaired) electrons. The number of nitrogens with zero attached hydrogens (tertiary/aromatic N) is 1. The summed E-state index contributed by atoms with van der Waals surface area (Å²) >= 11 is 3.37. The summed E-state index contributed by atoms with van der Waals surface area (Å²) in [7, 11) is 0. The quantitative estimate of drug-likeness (QED) is 0.864. The molecule has 0 spiro atoms. The third-order valence-electron chi connectivity index (χ3n) is 2.36. The molecule has 4 nitrogen and oxygen atoms in total. The smallest absolute Gasteiger partial charge is 0.163 e. The number of halogens is 1. The number of carbonyl (C=O) groups is 1. The maximum absolute atomic E-state index is 11.3. The molecule has 0 saturated carbocycles. The third kappa shape index (κ3) is 2.24. The Balaban J connectivity index is 2.57. The van der Waals surface area contributed by atoms with Gasteiger partial charge in [0.05, 0.1) is 5.56 Å². The number of hydrogen-bond acceptors (Lipinski definition) is 4. The first-order valence-electron chi connectivity index (χ1n) is 5.03. The molecule has 0 fully saturated rings. The van der Waals surface area contributed by atoms with E-state index in [4.69, 9.17) is 10.2 Å². The van der Waals surface area contributed by atoms with Crippen LogP contribution in [0.15, 0.2) is 27.1 Å². The molecule has 0 aliphatic rings. The van der Waals surface area contributed by atoms with Gasteiger partial charge >= 0.3 is 0 Å². The topological polar surface area (TPSA) is 69.1 Å². The van der Waals surface area contributed by atoms with Crippen molar-refractivity contribution in [3.8, 4) is 11.5 Å². The van der Waals surface area contributed by atoms with Gasteiger partial charge < -0.3 is 10.2 Å². The van der Waals surface area contributed by atoms with Crippen LogP contribution >= 0.6 is 15.9 Å². The van der Waals surface area contributed by atoms with Crippen LogP contribution in [0.5, 0.6) is 0 Å². The van der Waals surface area contributed by atoms with Crippen LogP contribution in [0.4, 0.5) is 5.82 Å². The van der Waals surface area contributed by atoms with Crippen molar-refractivity contribution in [2.45, 2.75) is 13.8 Å². The minimum absolute atomic E-state index is 0.113. The molecule has 2 N–H and O–H groups in total. The number of rotatable bonds is 2. The third-order valence-corrected chi connectivity index (χ3v) is 2.96. The van der Waals surface area contributed by atoms with Crippen LogP contribution in [0.1, 0.15) is 23.0 Å². The second-order valence-corrected chi connectivity index (χ2v) is 4.57. The zero-order chi connectivity index (χ0) is 12.6. The molecule has 0 amide bonds. The highest BCUT2D eigenvalue weighted by Gasteiger charge is 2.14. The summed E-state index contributed by atoms with van der Waals surface area (Å²) < 4.78 is 6.16. The van der Waals surface area contributed by atoms with Crippen molar-refractivity contribution in [3.05, 3.63) is 34.0 Å². The summed E-state index contributed by atoms with van der Waals surface area (Å²) in [6.45, 7) is 3.31. The molecule has 0 bridgehead atoms. The first-order chi connectivity index (χ1) is 7.99. The lowest BCUT2D eigenvalue weighted by molar-refractivity contribution is 0.101. The van der Waals surface area contributed by atoms with Gasteiger partial charge in [-0.15, -0.1) is 0 Å². The van der Waals surface area contributed by atoms with Gasteiger partial charge in [-0.2, -0.15) is 0 Å². The van der Waals surface area contributed by atoms with Crippen molar-refractivity contribution < 1.29 is 9.21 Å². The zero-order valence-electron chi connectivity index (χ0n) is 9.45. The van der Waals surface area contributed by atoms with Gasteiger partial charge in [-0.1, -0.05) is 0 Å². The van der Waals surface area contributed by atoms with Crippen molar-refractivity contribution in [1.82, 2.24) is 4.98 Å². The van der Waals surface area contributed by atoms with E-state index in [9.17, 15) is 4.79 Å². The average Bonchev–Trinajstić information content (AvgIpc) is 2.67. The van der Waals surface area contributed by atoms with Crippen LogP contribution in [0.2, 0.25) is 0 Å². The van der Waals surface area contributed by atoms with E-state index in [1.807, 2.05) is 19.1 Å². The van der Waals surface area contributed by atoms with Crippen LogP contribution in [0.25, 0.3) is 11.5 Å². The predicted molar refractivity (Wildman–Crippen MR) is 68.8 cm³/mol. The Morgan fingerprint density at radius 2 is 2.18 bits per heavy atom. The summed E-state index contributed by atoms with van der Waals surface area (Å²) in [5.41, 5.74) is 6.75. The standard InChI is InChI=1S/C12H11BrN2O2/c1-6-3-4-10(17-6)11-9(13)5-8(7(2)16)12(14)15-11/h3-5H,1-2H3,(H2,14,15). The van der Waals surface area contributed by atoms with E-state index in [1.165, 1.54) is 6.92 Å². The Bertz CT molecular complexity index is 590. The van der Waals surface area contributed by atoms with E-state index in [-0.39, 0.29) is 11.6 Å². The van der Waals surface area contributed by atoms with E-state index in [0.717, 1.165) is 5.76 Å². The predicted octanol–water partition coefficient (Wildman–Crippen LogP) is 3.20. The Labute approximate surface area is 107 Å². The van der Waals surface area contributed by atoms with Gasteiger partial charge in [-0.25, -0.2) is 4.98 Å². The second-order valence-electron chi connectivity index (χ2n) is 3.72. The van der Waals surface area contributed by atoms with Gasteiger partial charge in [0.2, 0.25) is 0 Å². The number of aryl methyl sites for hydroxylation is 1. The normalized spacial score (nSPS) is 10.5. The molecule has 0 saturated heterocycles. The molecule has 0 unspecified atom stereocenters. The number of nitrogen functional groups attached to an aromatic ring is 1. The molecule has 0 aromatic carbocycles. The maximum Gasteiger partial charge on any atom is 0.163 e. The number of ketones is 1. The van der Waals surface area contributed by atoms with Crippen LogP contribution in [0.3, 0.4) is 0 Å². The van der Waals surface area contributed by atoms with Gasteiger partial charge in [-0.3, -0.25) is 4.79 Å². The zero-order valence-corrected chi connectivity index (χ0v) is 11.0. The first-order valence-corrected chi connectivity index (χ1v) is 5.82. The van der Waals surface area contributed by atoms with Crippen LogP contribution < -0.4 is 5.73 Å². The number of Topliss-reactive ketones (excluding diaryl/α,β-unsaturated/α-hetero) is 1. The molecule has 2 heterocycles. The first kappa shape index (κ1) is 11.9. The molecule has 5 heteroatoms. The Morgan fingerprint density at radius 1 is 1.47 bits per heavy atom. The van der Waals surface area contributed by atoms with Gasteiger partial charge in [0, 0.05) is 4.47 Å². The van der Waals surface area contributed by atoms with E-state index in [1.54, 1.807) is 6.07 Å². The lowest BCUT2D eigenvalue weighted by Crippen LogP contribution is -2.03. The number of hydrogen-bond donors (Lipinski definition) is 1. The Hall–Kier alpha value is -1.62. The molecule has 2 rings (SSSR count). The largest absolute Gasteiger partial charge is 0.460 e. The molecule has 0 aliphatic carbocycles. The average molecular weight is 295 g/mol. The highest BCUT2D eigenvalue weighted by molar-refractivity contribution is 9.10.